The number of hydrogen-bond acceptors (Lipinski definition) is 2. The molecule has 6 heteroatoms. The summed E-state index contributed by atoms with van der Waals surface area (Å²) in [5.41, 5.74) is 1.49. The molecule has 0 aliphatic rings. The lowest BCUT2D eigenvalue weighted by molar-refractivity contribution is 0.474. The van der Waals surface area contributed by atoms with Crippen LogP contribution in [0.3, 0.4) is 0 Å². The molecule has 20 heavy (non-hydrogen) atoms. The van der Waals surface area contributed by atoms with Crippen LogP contribution in [0.25, 0.3) is 0 Å². The molecule has 2 rings (SSSR count). The van der Waals surface area contributed by atoms with Crippen LogP contribution in [0.1, 0.15) is 37.2 Å². The van der Waals surface area contributed by atoms with Gasteiger partial charge in [0.2, 0.25) is 0 Å². The summed E-state index contributed by atoms with van der Waals surface area (Å²) in [7, 11) is 1.81. The van der Waals surface area contributed by atoms with Gasteiger partial charge in [-0.2, -0.15) is 5.10 Å². The van der Waals surface area contributed by atoms with E-state index in [4.69, 9.17) is 0 Å². The first kappa shape index (κ1) is 15.7. The van der Waals surface area contributed by atoms with Gasteiger partial charge in [-0.25, -0.2) is 4.39 Å². The van der Waals surface area contributed by atoms with Crippen LogP contribution < -0.4 is 5.32 Å². The van der Waals surface area contributed by atoms with E-state index in [2.05, 4.69) is 42.3 Å². The summed E-state index contributed by atoms with van der Waals surface area (Å²) >= 11 is 6.95. The van der Waals surface area contributed by atoms with Gasteiger partial charge in [0.1, 0.15) is 5.82 Å². The lowest BCUT2D eigenvalue weighted by Gasteiger charge is -2.22. The molecule has 2 aromatic rings. The van der Waals surface area contributed by atoms with Crippen LogP contribution in [0.15, 0.2) is 33.3 Å². The van der Waals surface area contributed by atoms with E-state index in [9.17, 15) is 4.39 Å². The molecule has 108 valence electrons. The molecule has 1 aromatic heterocycles. The average Bonchev–Trinajstić information content (AvgIpc) is 2.76. The van der Waals surface area contributed by atoms with E-state index in [1.54, 1.807) is 12.3 Å². The Kier molecular flexibility index (Phi) is 4.99. The minimum Gasteiger partial charge on any atom is -0.308 e. The molecule has 1 unspecified atom stereocenters. The van der Waals surface area contributed by atoms with Crippen molar-refractivity contribution in [1.29, 1.82) is 0 Å². The van der Waals surface area contributed by atoms with Gasteiger partial charge in [0.15, 0.2) is 0 Å². The van der Waals surface area contributed by atoms with E-state index in [-0.39, 0.29) is 17.9 Å². The molecule has 1 N–H and O–H groups in total. The Bertz CT molecular complexity index is 590. The predicted octanol–water partition coefficient (Wildman–Crippen LogP) is 4.44. The van der Waals surface area contributed by atoms with E-state index in [0.29, 0.717) is 5.56 Å². The van der Waals surface area contributed by atoms with Gasteiger partial charge in [-0.1, -0.05) is 22.0 Å². The van der Waals surface area contributed by atoms with Gasteiger partial charge in [-0.3, -0.25) is 4.68 Å². The zero-order valence-corrected chi connectivity index (χ0v) is 14.7. The molecule has 0 aliphatic carbocycles. The summed E-state index contributed by atoms with van der Waals surface area (Å²) in [6.45, 7) is 4.10. The second kappa shape index (κ2) is 6.37. The lowest BCUT2D eigenvalue weighted by Crippen LogP contribution is -2.24. The van der Waals surface area contributed by atoms with Crippen molar-refractivity contribution in [2.75, 3.05) is 7.05 Å². The number of halogens is 3. The monoisotopic (exact) mass is 403 g/mol. The maximum Gasteiger partial charge on any atom is 0.129 e. The Morgan fingerprint density at radius 1 is 1.25 bits per heavy atom. The predicted molar refractivity (Wildman–Crippen MR) is 85.3 cm³/mol. The highest BCUT2D eigenvalue weighted by atomic mass is 79.9. The second-order valence-corrected chi connectivity index (χ2v) is 6.48. The Labute approximate surface area is 134 Å². The molecule has 0 fully saturated rings. The first-order valence-corrected chi connectivity index (χ1v) is 7.90. The first-order valence-electron chi connectivity index (χ1n) is 6.31. The van der Waals surface area contributed by atoms with Gasteiger partial charge in [-0.15, -0.1) is 0 Å². The maximum atomic E-state index is 14.2. The third kappa shape index (κ3) is 2.82. The molecular formula is C14H16Br2FN3. The molecule has 1 heterocycles. The van der Waals surface area contributed by atoms with Crippen LogP contribution in [0.4, 0.5) is 4.39 Å². The van der Waals surface area contributed by atoms with Crippen LogP contribution in [-0.2, 0) is 0 Å². The zero-order valence-electron chi connectivity index (χ0n) is 11.5. The SMILES string of the molecule is CNC(c1c(F)cccc1Br)c1c(Br)cnn1C(C)C. The fourth-order valence-electron chi connectivity index (χ4n) is 2.24. The Balaban J connectivity index is 2.62. The first-order chi connectivity index (χ1) is 9.47. The standard InChI is InChI=1S/C14H16Br2FN3/c1-8(2)20-14(10(16)7-19-20)13(18-3)12-9(15)5-4-6-11(12)17/h4-8,13,18H,1-3H3. The fourth-order valence-corrected chi connectivity index (χ4v) is 3.31. The van der Waals surface area contributed by atoms with Gasteiger partial charge >= 0.3 is 0 Å². The molecule has 0 bridgehead atoms. The molecule has 0 saturated carbocycles. The molecule has 0 aliphatic heterocycles. The number of hydrogen-bond donors (Lipinski definition) is 1. The van der Waals surface area contributed by atoms with Crippen LogP contribution in [0.2, 0.25) is 0 Å². The lowest BCUT2D eigenvalue weighted by atomic mass is 10.0. The van der Waals surface area contributed by atoms with Crippen LogP contribution in [0, 0.1) is 5.82 Å². The van der Waals surface area contributed by atoms with Crippen molar-refractivity contribution in [2.24, 2.45) is 0 Å². The van der Waals surface area contributed by atoms with Crippen molar-refractivity contribution in [3.63, 3.8) is 0 Å². The normalized spacial score (nSPS) is 12.9. The summed E-state index contributed by atoms with van der Waals surface area (Å²) in [6.07, 6.45) is 1.74. The van der Waals surface area contributed by atoms with Crippen molar-refractivity contribution in [2.45, 2.75) is 25.9 Å². The van der Waals surface area contributed by atoms with Gasteiger partial charge < -0.3 is 5.32 Å². The van der Waals surface area contributed by atoms with Crippen molar-refractivity contribution in [3.05, 3.63) is 50.4 Å². The molecule has 0 saturated heterocycles. The van der Waals surface area contributed by atoms with Crippen molar-refractivity contribution >= 4 is 31.9 Å². The van der Waals surface area contributed by atoms with Gasteiger partial charge in [-0.05, 0) is 49.0 Å². The number of nitrogens with one attached hydrogen (secondary N) is 1. The van der Waals surface area contributed by atoms with E-state index < -0.39 is 0 Å². The maximum absolute atomic E-state index is 14.2. The number of aromatic nitrogens is 2. The molecule has 1 atom stereocenters. The Morgan fingerprint density at radius 3 is 2.50 bits per heavy atom. The van der Waals surface area contributed by atoms with Crippen LogP contribution >= 0.6 is 31.9 Å². The number of rotatable bonds is 4. The van der Waals surface area contributed by atoms with Gasteiger partial charge in [0.05, 0.1) is 22.4 Å². The van der Waals surface area contributed by atoms with Crippen LogP contribution in [0.5, 0.6) is 0 Å². The minimum atomic E-state index is -0.287. The summed E-state index contributed by atoms with van der Waals surface area (Å²) < 4.78 is 17.7. The average molecular weight is 405 g/mol. The Hall–Kier alpha value is -0.720. The molecular weight excluding hydrogens is 389 g/mol. The molecule has 0 amide bonds. The van der Waals surface area contributed by atoms with E-state index in [1.165, 1.54) is 6.07 Å². The van der Waals surface area contributed by atoms with E-state index in [1.807, 2.05) is 31.6 Å². The topological polar surface area (TPSA) is 29.9 Å². The molecule has 0 radical (unpaired) electrons. The molecule has 0 spiro atoms. The highest BCUT2D eigenvalue weighted by Crippen LogP contribution is 2.35. The zero-order chi connectivity index (χ0) is 14.9. The fraction of sp³-hybridized carbons (Fsp3) is 0.357. The third-order valence-electron chi connectivity index (χ3n) is 3.13. The Morgan fingerprint density at radius 2 is 1.95 bits per heavy atom. The quantitative estimate of drug-likeness (QED) is 0.816. The van der Waals surface area contributed by atoms with Crippen LogP contribution in [-0.4, -0.2) is 16.8 Å². The highest BCUT2D eigenvalue weighted by Gasteiger charge is 2.25. The number of benzene rings is 1. The second-order valence-electron chi connectivity index (χ2n) is 4.77. The summed E-state index contributed by atoms with van der Waals surface area (Å²) in [5.74, 6) is -0.248. The molecule has 1 aromatic carbocycles. The van der Waals surface area contributed by atoms with Gasteiger partial charge in [0, 0.05) is 16.1 Å². The van der Waals surface area contributed by atoms with E-state index in [0.717, 1.165) is 14.6 Å². The third-order valence-corrected chi connectivity index (χ3v) is 4.43. The summed E-state index contributed by atoms with van der Waals surface area (Å²) in [5, 5.41) is 7.54. The molecule has 3 nitrogen and oxygen atoms in total. The van der Waals surface area contributed by atoms with Crippen molar-refractivity contribution in [3.8, 4) is 0 Å². The highest BCUT2D eigenvalue weighted by molar-refractivity contribution is 9.10. The largest absolute Gasteiger partial charge is 0.308 e. The van der Waals surface area contributed by atoms with E-state index >= 15 is 0 Å². The summed E-state index contributed by atoms with van der Waals surface area (Å²) in [4.78, 5) is 0. The summed E-state index contributed by atoms with van der Waals surface area (Å²) in [6, 6.07) is 4.90. The van der Waals surface area contributed by atoms with Crippen molar-refractivity contribution < 1.29 is 4.39 Å². The smallest absolute Gasteiger partial charge is 0.129 e. The minimum absolute atomic E-state index is 0.192. The van der Waals surface area contributed by atoms with Crippen molar-refractivity contribution in [1.82, 2.24) is 15.1 Å². The number of nitrogens with zero attached hydrogens (tertiary/aromatic N) is 2. The van der Waals surface area contributed by atoms with Gasteiger partial charge in [0.25, 0.3) is 0 Å².